The average molecular weight is 637 g/mol. The Hall–Kier alpha value is -5.26. The number of anilines is 6. The summed E-state index contributed by atoms with van der Waals surface area (Å²) < 4.78 is 9.65. The molecule has 0 aliphatic carbocycles. The maximum Gasteiger partial charge on any atom is 0.257 e. The molecule has 8 aromatic rings. The highest BCUT2D eigenvalue weighted by molar-refractivity contribution is 7.26. The number of fused-ring (bicyclic) bond motifs is 9. The number of furan rings is 1. The molecule has 0 N–H and O–H groups in total. The third-order valence-electron chi connectivity index (χ3n) is 10.4. The topological polar surface area (TPSA) is 19.6 Å². The molecule has 3 nitrogen and oxygen atoms in total. The maximum absolute atomic E-state index is 7.00. The lowest BCUT2D eigenvalue weighted by molar-refractivity contribution is 0.622. The maximum atomic E-state index is 7.00. The van der Waals surface area contributed by atoms with Gasteiger partial charge in [-0.15, -0.1) is 11.3 Å². The predicted molar refractivity (Wildman–Crippen MR) is 207 cm³/mol. The third kappa shape index (κ3) is 3.77. The van der Waals surface area contributed by atoms with Gasteiger partial charge in [-0.05, 0) is 121 Å². The zero-order chi connectivity index (χ0) is 32.4. The van der Waals surface area contributed by atoms with E-state index in [0.717, 1.165) is 17.2 Å². The van der Waals surface area contributed by atoms with Crippen LogP contribution in [0.5, 0.6) is 0 Å². The molecule has 0 fully saturated rings. The molecule has 4 heterocycles. The fraction of sp³-hybridized carbons (Fsp3) is 0.116. The Balaban J connectivity index is 1.39. The molecule has 0 saturated heterocycles. The van der Waals surface area contributed by atoms with Crippen LogP contribution in [0.3, 0.4) is 0 Å². The molecule has 2 aromatic heterocycles. The zero-order valence-corrected chi connectivity index (χ0v) is 28.5. The number of aryl methyl sites for hydroxylation is 5. The van der Waals surface area contributed by atoms with Crippen LogP contribution in [0.25, 0.3) is 31.1 Å². The van der Waals surface area contributed by atoms with Crippen molar-refractivity contribution in [1.29, 1.82) is 0 Å². The van der Waals surface area contributed by atoms with Crippen molar-refractivity contribution in [2.24, 2.45) is 0 Å². The van der Waals surface area contributed by atoms with E-state index < -0.39 is 0 Å². The van der Waals surface area contributed by atoms with Gasteiger partial charge < -0.3 is 9.32 Å². The second kappa shape index (κ2) is 9.88. The number of hydrogen-bond donors (Lipinski definition) is 0. The Morgan fingerprint density at radius 3 is 1.85 bits per heavy atom. The monoisotopic (exact) mass is 636 g/mol. The first-order chi connectivity index (χ1) is 23.4. The van der Waals surface area contributed by atoms with E-state index in [-0.39, 0.29) is 6.71 Å². The highest BCUT2D eigenvalue weighted by Gasteiger charge is 2.46. The molecule has 2 aliphatic rings. The van der Waals surface area contributed by atoms with E-state index in [1.807, 2.05) is 11.3 Å². The van der Waals surface area contributed by atoms with Crippen LogP contribution in [-0.4, -0.2) is 6.71 Å². The molecule has 6 aromatic carbocycles. The minimum atomic E-state index is -0.00473. The summed E-state index contributed by atoms with van der Waals surface area (Å²) in [7, 11) is 0. The number of rotatable bonds is 2. The van der Waals surface area contributed by atoms with Crippen LogP contribution in [0.4, 0.5) is 34.3 Å². The molecule has 5 heteroatoms. The van der Waals surface area contributed by atoms with E-state index in [9.17, 15) is 0 Å². The first kappa shape index (κ1) is 27.8. The molecular formula is C43H33BN2OS. The summed E-state index contributed by atoms with van der Waals surface area (Å²) in [4.78, 5) is 4.93. The molecule has 0 saturated carbocycles. The lowest BCUT2D eigenvalue weighted by atomic mass is 9.33. The van der Waals surface area contributed by atoms with Gasteiger partial charge in [0.2, 0.25) is 5.88 Å². The molecular weight excluding hydrogens is 603 g/mol. The van der Waals surface area contributed by atoms with Crippen LogP contribution in [0.1, 0.15) is 27.8 Å². The van der Waals surface area contributed by atoms with Crippen molar-refractivity contribution in [3.8, 4) is 0 Å². The number of benzene rings is 6. The highest BCUT2D eigenvalue weighted by atomic mass is 32.1. The van der Waals surface area contributed by atoms with Crippen molar-refractivity contribution in [2.45, 2.75) is 34.6 Å². The quantitative estimate of drug-likeness (QED) is 0.176. The Bertz CT molecular complexity index is 2670. The molecule has 0 atom stereocenters. The Morgan fingerprint density at radius 1 is 0.500 bits per heavy atom. The van der Waals surface area contributed by atoms with E-state index in [1.54, 1.807) is 0 Å². The molecule has 230 valence electrons. The summed E-state index contributed by atoms with van der Waals surface area (Å²) in [6.07, 6.45) is 0. The average Bonchev–Trinajstić information content (AvgIpc) is 3.61. The summed E-state index contributed by atoms with van der Waals surface area (Å²) in [5.41, 5.74) is 17.0. The van der Waals surface area contributed by atoms with Crippen LogP contribution >= 0.6 is 11.3 Å². The first-order valence-electron chi connectivity index (χ1n) is 16.7. The molecule has 0 amide bonds. The van der Waals surface area contributed by atoms with E-state index in [2.05, 4.69) is 154 Å². The van der Waals surface area contributed by atoms with Crippen LogP contribution in [0.2, 0.25) is 0 Å². The summed E-state index contributed by atoms with van der Waals surface area (Å²) in [5, 5.41) is 3.82. The van der Waals surface area contributed by atoms with Gasteiger partial charge in [-0.1, -0.05) is 66.7 Å². The molecule has 10 rings (SSSR count). The van der Waals surface area contributed by atoms with Gasteiger partial charge in [0.05, 0.1) is 5.69 Å². The van der Waals surface area contributed by atoms with Gasteiger partial charge in [0, 0.05) is 48.4 Å². The number of para-hydroxylation sites is 2. The minimum absolute atomic E-state index is 0.00473. The summed E-state index contributed by atoms with van der Waals surface area (Å²) in [6.45, 7) is 11.0. The first-order valence-corrected chi connectivity index (χ1v) is 17.5. The van der Waals surface area contributed by atoms with Gasteiger partial charge in [-0.2, -0.15) is 0 Å². The normalized spacial score (nSPS) is 13.4. The van der Waals surface area contributed by atoms with Crippen LogP contribution in [-0.2, 0) is 0 Å². The van der Waals surface area contributed by atoms with Crippen molar-refractivity contribution in [3.63, 3.8) is 0 Å². The van der Waals surface area contributed by atoms with Gasteiger partial charge >= 0.3 is 0 Å². The van der Waals surface area contributed by atoms with Crippen molar-refractivity contribution in [2.75, 3.05) is 9.80 Å². The largest absolute Gasteiger partial charge is 0.440 e. The van der Waals surface area contributed by atoms with Gasteiger partial charge in [0.15, 0.2) is 0 Å². The Kier molecular flexibility index (Phi) is 5.73. The van der Waals surface area contributed by atoms with E-state index in [4.69, 9.17) is 4.42 Å². The number of hydrogen-bond acceptors (Lipinski definition) is 4. The van der Waals surface area contributed by atoms with Gasteiger partial charge in [-0.25, -0.2) is 0 Å². The van der Waals surface area contributed by atoms with Crippen molar-refractivity contribution in [3.05, 3.63) is 137 Å². The summed E-state index contributed by atoms with van der Waals surface area (Å²) in [6, 6.07) is 40.8. The summed E-state index contributed by atoms with van der Waals surface area (Å²) in [5.74, 6) is 0.917. The van der Waals surface area contributed by atoms with Gasteiger partial charge in [0.25, 0.3) is 6.71 Å². The molecule has 0 spiro atoms. The van der Waals surface area contributed by atoms with Crippen LogP contribution < -0.4 is 26.2 Å². The second-order valence-corrected chi connectivity index (χ2v) is 14.8. The van der Waals surface area contributed by atoms with Crippen LogP contribution in [0.15, 0.2) is 114 Å². The standard InChI is InChI=1S/C43H33BN2OS/c1-24-15-17-30-38(20-24)47-43-41(30)44-32-22-31-29-16-14-25(2)21-39(29)48-40(31)23-35(32)45(33-12-8-6-10-27(33)4)36-18-26(3)19-37(42(36)44)46(43)34-13-9-7-11-28(34)5/h6-23H,1-5H3. The number of nitrogens with zero attached hydrogens (tertiary/aromatic N) is 2. The minimum Gasteiger partial charge on any atom is -0.440 e. The molecule has 0 bridgehead atoms. The Labute approximate surface area is 284 Å². The lowest BCUT2D eigenvalue weighted by Crippen LogP contribution is -2.61. The van der Waals surface area contributed by atoms with E-state index in [1.165, 1.54) is 92.5 Å². The Morgan fingerprint density at radius 2 is 1.12 bits per heavy atom. The second-order valence-electron chi connectivity index (χ2n) is 13.7. The van der Waals surface area contributed by atoms with E-state index in [0.29, 0.717) is 0 Å². The van der Waals surface area contributed by atoms with Gasteiger partial charge in [0.1, 0.15) is 5.58 Å². The molecule has 0 unspecified atom stereocenters. The smallest absolute Gasteiger partial charge is 0.257 e. The van der Waals surface area contributed by atoms with E-state index >= 15 is 0 Å². The van der Waals surface area contributed by atoms with Crippen molar-refractivity contribution in [1.82, 2.24) is 0 Å². The van der Waals surface area contributed by atoms with Gasteiger partial charge in [-0.3, -0.25) is 4.90 Å². The summed E-state index contributed by atoms with van der Waals surface area (Å²) >= 11 is 1.90. The fourth-order valence-corrected chi connectivity index (χ4v) is 9.48. The molecule has 48 heavy (non-hydrogen) atoms. The molecule has 0 radical (unpaired) electrons. The third-order valence-corrected chi connectivity index (χ3v) is 11.6. The lowest BCUT2D eigenvalue weighted by Gasteiger charge is -2.43. The highest BCUT2D eigenvalue weighted by Crippen LogP contribution is 2.48. The fourth-order valence-electron chi connectivity index (χ4n) is 8.26. The van der Waals surface area contributed by atoms with Crippen molar-refractivity contribution >= 4 is 99.9 Å². The predicted octanol–water partition coefficient (Wildman–Crippen LogP) is 10.4. The molecule has 2 aliphatic heterocycles. The van der Waals surface area contributed by atoms with Crippen molar-refractivity contribution < 1.29 is 4.42 Å². The SMILES string of the molecule is Cc1cc2c3c(c1)N(c1ccccc1C)c1oc4cc(C)ccc4c1B3c1cc3c(cc1N2c1ccccc1C)sc1cc(C)ccc13. The van der Waals surface area contributed by atoms with Crippen LogP contribution in [0, 0.1) is 34.6 Å². The number of thiophene rings is 1. The zero-order valence-electron chi connectivity index (χ0n) is 27.7.